The van der Waals surface area contributed by atoms with Crippen LogP contribution in [-0.4, -0.2) is 57.7 Å². The first-order valence-corrected chi connectivity index (χ1v) is 12.1. The highest BCUT2D eigenvalue weighted by Crippen LogP contribution is 2.18. The van der Waals surface area contributed by atoms with Gasteiger partial charge in [-0.15, -0.1) is 0 Å². The standard InChI is InChI=1S/C23H30N2O5S/c1-3-18(2)24-31(27,28)22-12-10-19(11-13-22)23(26)25-16-21(17-25)30-15-7-14-29-20-8-5-4-6-9-20/h4-6,8-13,18,21,24H,3,7,14-17H2,1-2H3/t18-/m0/s1. The zero-order chi connectivity index (χ0) is 22.3. The molecule has 1 amide bonds. The van der Waals surface area contributed by atoms with Gasteiger partial charge in [0, 0.05) is 31.1 Å². The van der Waals surface area contributed by atoms with Gasteiger partial charge in [0.15, 0.2) is 0 Å². The predicted molar refractivity (Wildman–Crippen MR) is 119 cm³/mol. The molecular formula is C23H30N2O5S. The van der Waals surface area contributed by atoms with Crippen molar-refractivity contribution in [2.75, 3.05) is 26.3 Å². The van der Waals surface area contributed by atoms with Gasteiger partial charge < -0.3 is 14.4 Å². The Kier molecular flexibility index (Phi) is 8.06. The molecule has 0 unspecified atom stereocenters. The van der Waals surface area contributed by atoms with E-state index in [1.807, 2.05) is 44.2 Å². The molecule has 0 aromatic heterocycles. The summed E-state index contributed by atoms with van der Waals surface area (Å²) in [7, 11) is -3.57. The summed E-state index contributed by atoms with van der Waals surface area (Å²) in [5.74, 6) is 0.725. The fraction of sp³-hybridized carbons (Fsp3) is 0.435. The molecule has 3 rings (SSSR count). The lowest BCUT2D eigenvalue weighted by molar-refractivity contribution is -0.0449. The van der Waals surface area contributed by atoms with Crippen molar-refractivity contribution in [1.82, 2.24) is 9.62 Å². The van der Waals surface area contributed by atoms with Crippen LogP contribution >= 0.6 is 0 Å². The number of ether oxygens (including phenoxy) is 2. The lowest BCUT2D eigenvalue weighted by Crippen LogP contribution is -2.54. The van der Waals surface area contributed by atoms with E-state index in [-0.39, 0.29) is 22.9 Å². The Morgan fingerprint density at radius 3 is 2.42 bits per heavy atom. The molecule has 1 saturated heterocycles. The highest BCUT2D eigenvalue weighted by molar-refractivity contribution is 7.89. The molecule has 2 aromatic rings. The van der Waals surface area contributed by atoms with E-state index in [1.54, 1.807) is 17.0 Å². The first-order chi connectivity index (χ1) is 14.9. The number of nitrogens with one attached hydrogen (secondary N) is 1. The summed E-state index contributed by atoms with van der Waals surface area (Å²) in [4.78, 5) is 14.4. The van der Waals surface area contributed by atoms with Gasteiger partial charge in [-0.25, -0.2) is 13.1 Å². The molecule has 0 bridgehead atoms. The molecule has 7 nitrogen and oxygen atoms in total. The maximum atomic E-state index is 12.6. The lowest BCUT2D eigenvalue weighted by atomic mass is 10.1. The summed E-state index contributed by atoms with van der Waals surface area (Å²) < 4.78 is 38.7. The smallest absolute Gasteiger partial charge is 0.254 e. The maximum Gasteiger partial charge on any atom is 0.254 e. The fourth-order valence-electron chi connectivity index (χ4n) is 3.10. The van der Waals surface area contributed by atoms with Crippen molar-refractivity contribution in [3.63, 3.8) is 0 Å². The van der Waals surface area contributed by atoms with Crippen LogP contribution in [0.2, 0.25) is 0 Å². The molecule has 1 heterocycles. The van der Waals surface area contributed by atoms with E-state index in [0.717, 1.165) is 12.2 Å². The quantitative estimate of drug-likeness (QED) is 0.536. The van der Waals surface area contributed by atoms with E-state index in [9.17, 15) is 13.2 Å². The minimum atomic E-state index is -3.57. The van der Waals surface area contributed by atoms with Crippen LogP contribution in [0.4, 0.5) is 0 Å². The largest absolute Gasteiger partial charge is 0.494 e. The number of rotatable bonds is 11. The maximum absolute atomic E-state index is 12.6. The second-order valence-corrected chi connectivity index (χ2v) is 9.39. The van der Waals surface area contributed by atoms with E-state index in [1.165, 1.54) is 12.1 Å². The van der Waals surface area contributed by atoms with Crippen LogP contribution in [0.5, 0.6) is 5.75 Å². The number of amides is 1. The number of benzene rings is 2. The Balaban J connectivity index is 1.38. The Hall–Kier alpha value is -2.42. The zero-order valence-electron chi connectivity index (χ0n) is 18.0. The molecule has 0 aliphatic carbocycles. The third-order valence-corrected chi connectivity index (χ3v) is 6.78. The highest BCUT2D eigenvalue weighted by atomic mass is 32.2. The topological polar surface area (TPSA) is 84.9 Å². The Morgan fingerprint density at radius 1 is 1.10 bits per heavy atom. The predicted octanol–water partition coefficient (Wildman–Crippen LogP) is 3.07. The van der Waals surface area contributed by atoms with Gasteiger partial charge >= 0.3 is 0 Å². The van der Waals surface area contributed by atoms with Crippen LogP contribution in [0.3, 0.4) is 0 Å². The number of hydrogen-bond donors (Lipinski definition) is 1. The van der Waals surface area contributed by atoms with Crippen molar-refractivity contribution in [3.05, 3.63) is 60.2 Å². The summed E-state index contributed by atoms with van der Waals surface area (Å²) in [6, 6.07) is 15.6. The molecule has 1 fully saturated rings. The van der Waals surface area contributed by atoms with Crippen LogP contribution in [0.25, 0.3) is 0 Å². The molecule has 0 saturated carbocycles. The minimum Gasteiger partial charge on any atom is -0.494 e. The summed E-state index contributed by atoms with van der Waals surface area (Å²) in [6.07, 6.45) is 1.51. The summed E-state index contributed by atoms with van der Waals surface area (Å²) in [5, 5.41) is 0. The van der Waals surface area contributed by atoms with Crippen molar-refractivity contribution in [2.45, 2.75) is 43.7 Å². The number of nitrogens with zero attached hydrogens (tertiary/aromatic N) is 1. The molecule has 0 spiro atoms. The van der Waals surface area contributed by atoms with E-state index in [2.05, 4.69) is 4.72 Å². The second kappa shape index (κ2) is 10.7. The first-order valence-electron chi connectivity index (χ1n) is 10.6. The molecule has 1 atom stereocenters. The molecule has 2 aromatic carbocycles. The van der Waals surface area contributed by atoms with Crippen LogP contribution in [0.1, 0.15) is 37.0 Å². The molecule has 31 heavy (non-hydrogen) atoms. The highest BCUT2D eigenvalue weighted by Gasteiger charge is 2.32. The third-order valence-electron chi connectivity index (χ3n) is 5.17. The number of para-hydroxylation sites is 1. The van der Waals surface area contributed by atoms with Gasteiger partial charge in [-0.3, -0.25) is 4.79 Å². The van der Waals surface area contributed by atoms with E-state index >= 15 is 0 Å². The van der Waals surface area contributed by atoms with Gasteiger partial charge in [0.25, 0.3) is 5.91 Å². The Bertz CT molecular complexity index is 942. The summed E-state index contributed by atoms with van der Waals surface area (Å²) in [6.45, 7) is 5.96. The molecule has 0 radical (unpaired) electrons. The average molecular weight is 447 g/mol. The van der Waals surface area contributed by atoms with E-state index in [0.29, 0.717) is 38.3 Å². The Morgan fingerprint density at radius 2 is 1.77 bits per heavy atom. The van der Waals surface area contributed by atoms with Crippen molar-refractivity contribution in [3.8, 4) is 5.75 Å². The Labute approximate surface area is 184 Å². The van der Waals surface area contributed by atoms with Crippen molar-refractivity contribution in [1.29, 1.82) is 0 Å². The molecular weight excluding hydrogens is 416 g/mol. The van der Waals surface area contributed by atoms with E-state index in [4.69, 9.17) is 9.47 Å². The zero-order valence-corrected chi connectivity index (χ0v) is 18.8. The van der Waals surface area contributed by atoms with Gasteiger partial charge in [-0.1, -0.05) is 25.1 Å². The number of carbonyl (C=O) groups is 1. The van der Waals surface area contributed by atoms with E-state index < -0.39 is 10.0 Å². The van der Waals surface area contributed by atoms with Crippen LogP contribution in [0, 0.1) is 0 Å². The van der Waals surface area contributed by atoms with Crippen molar-refractivity contribution < 1.29 is 22.7 Å². The summed E-state index contributed by atoms with van der Waals surface area (Å²) >= 11 is 0. The lowest BCUT2D eigenvalue weighted by Gasteiger charge is -2.39. The molecule has 1 aliphatic rings. The van der Waals surface area contributed by atoms with Gasteiger partial charge in [0.2, 0.25) is 10.0 Å². The van der Waals surface area contributed by atoms with Gasteiger partial charge in [0.05, 0.1) is 24.2 Å². The van der Waals surface area contributed by atoms with Crippen molar-refractivity contribution >= 4 is 15.9 Å². The average Bonchev–Trinajstić information content (AvgIpc) is 2.75. The van der Waals surface area contributed by atoms with Gasteiger partial charge in [0.1, 0.15) is 5.75 Å². The molecule has 1 N–H and O–H groups in total. The molecule has 1 aliphatic heterocycles. The second-order valence-electron chi connectivity index (χ2n) is 7.67. The monoisotopic (exact) mass is 446 g/mol. The third kappa shape index (κ3) is 6.53. The first kappa shape index (κ1) is 23.2. The normalized spacial score (nSPS) is 15.4. The van der Waals surface area contributed by atoms with Crippen LogP contribution in [0.15, 0.2) is 59.5 Å². The number of sulfonamides is 1. The summed E-state index contributed by atoms with van der Waals surface area (Å²) in [5.41, 5.74) is 0.470. The van der Waals surface area contributed by atoms with Gasteiger partial charge in [-0.2, -0.15) is 0 Å². The van der Waals surface area contributed by atoms with Gasteiger partial charge in [-0.05, 0) is 49.7 Å². The van der Waals surface area contributed by atoms with Crippen molar-refractivity contribution in [2.24, 2.45) is 0 Å². The fourth-order valence-corrected chi connectivity index (χ4v) is 4.43. The minimum absolute atomic E-state index is 0.0278. The number of carbonyl (C=O) groups excluding carboxylic acids is 1. The number of hydrogen-bond acceptors (Lipinski definition) is 5. The molecule has 168 valence electrons. The number of likely N-dealkylation sites (tertiary alicyclic amines) is 1. The van der Waals surface area contributed by atoms with Crippen LogP contribution in [-0.2, 0) is 14.8 Å². The van der Waals surface area contributed by atoms with Crippen LogP contribution < -0.4 is 9.46 Å². The molecule has 8 heteroatoms. The SMILES string of the molecule is CC[C@H](C)NS(=O)(=O)c1ccc(C(=O)N2CC(OCCCOc3ccccc3)C2)cc1.